The maximum absolute atomic E-state index is 11.5. The molecule has 0 spiro atoms. The molecule has 2 aromatic rings. The summed E-state index contributed by atoms with van der Waals surface area (Å²) in [6.45, 7) is 0.758. The van der Waals surface area contributed by atoms with Gasteiger partial charge in [0, 0.05) is 42.9 Å². The first-order valence-electron chi connectivity index (χ1n) is 7.93. The molecule has 0 unspecified atom stereocenters. The summed E-state index contributed by atoms with van der Waals surface area (Å²) in [4.78, 5) is 23.7. The third-order valence-corrected chi connectivity index (χ3v) is 3.91. The van der Waals surface area contributed by atoms with Crippen molar-refractivity contribution < 1.29 is 24.7 Å². The van der Waals surface area contributed by atoms with Crippen molar-refractivity contribution in [1.82, 2.24) is 4.90 Å². The van der Waals surface area contributed by atoms with Crippen molar-refractivity contribution >= 4 is 11.7 Å². The van der Waals surface area contributed by atoms with Crippen LogP contribution in [0.5, 0.6) is 11.5 Å². The fourth-order valence-corrected chi connectivity index (χ4v) is 2.50. The molecule has 2 rings (SSSR count). The number of para-hydroxylation sites is 1. The van der Waals surface area contributed by atoms with E-state index in [0.29, 0.717) is 24.2 Å². The summed E-state index contributed by atoms with van der Waals surface area (Å²) in [7, 11) is 1.29. The van der Waals surface area contributed by atoms with Crippen molar-refractivity contribution in [2.45, 2.75) is 19.5 Å². The number of ether oxygens (including phenoxy) is 1. The summed E-state index contributed by atoms with van der Waals surface area (Å²) < 4.78 is 4.65. The van der Waals surface area contributed by atoms with E-state index in [2.05, 4.69) is 4.74 Å². The van der Waals surface area contributed by atoms with Crippen LogP contribution in [0.15, 0.2) is 42.5 Å². The highest BCUT2D eigenvalue weighted by Crippen LogP contribution is 2.26. The van der Waals surface area contributed by atoms with Crippen molar-refractivity contribution in [2.24, 2.45) is 0 Å². The molecule has 0 amide bonds. The van der Waals surface area contributed by atoms with Crippen LogP contribution in [0, 0.1) is 10.1 Å². The van der Waals surface area contributed by atoms with Gasteiger partial charge < -0.3 is 14.9 Å². The van der Waals surface area contributed by atoms with Gasteiger partial charge in [0.1, 0.15) is 11.5 Å². The molecule has 0 atom stereocenters. The van der Waals surface area contributed by atoms with E-state index in [1.807, 2.05) is 0 Å². The molecule has 0 aliphatic rings. The summed E-state index contributed by atoms with van der Waals surface area (Å²) in [5, 5.41) is 30.9. The standard InChI is InChI=1S/C18H20N2O6/c1-26-18(23)8-9-19(11-13-4-2-3-5-16(13)21)12-14-10-15(20(24)25)6-7-17(14)22/h2-7,10,21-22H,8-9,11-12H2,1H3. The number of nitrogens with zero attached hydrogens (tertiary/aromatic N) is 2. The van der Waals surface area contributed by atoms with Crippen LogP contribution in [-0.4, -0.2) is 39.7 Å². The van der Waals surface area contributed by atoms with Gasteiger partial charge in [0.25, 0.3) is 5.69 Å². The summed E-state index contributed by atoms with van der Waals surface area (Å²) in [6, 6.07) is 10.6. The van der Waals surface area contributed by atoms with E-state index in [4.69, 9.17) is 0 Å². The van der Waals surface area contributed by atoms with Gasteiger partial charge in [0.05, 0.1) is 18.5 Å². The van der Waals surface area contributed by atoms with Crippen LogP contribution >= 0.6 is 0 Å². The minimum absolute atomic E-state index is 0.0732. The topological polar surface area (TPSA) is 113 Å². The highest BCUT2D eigenvalue weighted by atomic mass is 16.6. The Labute approximate surface area is 150 Å². The number of non-ortho nitro benzene ring substituents is 1. The van der Waals surface area contributed by atoms with E-state index in [0.717, 1.165) is 0 Å². The van der Waals surface area contributed by atoms with E-state index in [-0.39, 0.29) is 30.2 Å². The van der Waals surface area contributed by atoms with Gasteiger partial charge in [0.15, 0.2) is 0 Å². The molecule has 0 heterocycles. The number of carbonyl (C=O) groups is 1. The molecular formula is C18H20N2O6. The lowest BCUT2D eigenvalue weighted by Crippen LogP contribution is -2.26. The van der Waals surface area contributed by atoms with Gasteiger partial charge in [0.2, 0.25) is 0 Å². The van der Waals surface area contributed by atoms with Crippen molar-refractivity contribution in [3.05, 3.63) is 63.7 Å². The van der Waals surface area contributed by atoms with Crippen LogP contribution in [0.2, 0.25) is 0 Å². The Hall–Kier alpha value is -3.13. The van der Waals surface area contributed by atoms with Crippen molar-refractivity contribution in [3.63, 3.8) is 0 Å². The Morgan fingerprint density at radius 2 is 1.77 bits per heavy atom. The van der Waals surface area contributed by atoms with Crippen molar-refractivity contribution in [2.75, 3.05) is 13.7 Å². The molecule has 138 valence electrons. The van der Waals surface area contributed by atoms with Crippen molar-refractivity contribution in [1.29, 1.82) is 0 Å². The first-order chi connectivity index (χ1) is 12.4. The number of benzene rings is 2. The van der Waals surface area contributed by atoms with Crippen LogP contribution in [-0.2, 0) is 22.6 Å². The summed E-state index contributed by atoms with van der Waals surface area (Å²) in [5.74, 6) is -0.356. The van der Waals surface area contributed by atoms with Crippen LogP contribution < -0.4 is 0 Å². The van der Waals surface area contributed by atoms with Crippen LogP contribution in [0.4, 0.5) is 5.69 Å². The Morgan fingerprint density at radius 3 is 2.42 bits per heavy atom. The minimum atomic E-state index is -0.537. The maximum Gasteiger partial charge on any atom is 0.306 e. The molecule has 0 aliphatic heterocycles. The number of rotatable bonds is 8. The number of nitro groups is 1. The summed E-state index contributed by atoms with van der Waals surface area (Å²) in [6.07, 6.45) is 0.111. The molecule has 8 nitrogen and oxygen atoms in total. The SMILES string of the molecule is COC(=O)CCN(Cc1ccccc1O)Cc1cc([N+](=O)[O-])ccc1O. The molecule has 8 heteroatoms. The Bertz CT molecular complexity index is 793. The van der Waals surface area contributed by atoms with Gasteiger partial charge in [-0.1, -0.05) is 18.2 Å². The molecule has 0 radical (unpaired) electrons. The highest BCUT2D eigenvalue weighted by molar-refractivity contribution is 5.69. The number of methoxy groups -OCH3 is 1. The number of phenolic OH excluding ortho intramolecular Hbond substituents is 2. The second-order valence-corrected chi connectivity index (χ2v) is 5.74. The average Bonchev–Trinajstić information content (AvgIpc) is 2.62. The zero-order chi connectivity index (χ0) is 19.1. The molecule has 2 aromatic carbocycles. The zero-order valence-corrected chi connectivity index (χ0v) is 14.3. The Morgan fingerprint density at radius 1 is 1.12 bits per heavy atom. The van der Waals surface area contributed by atoms with Crippen LogP contribution in [0.25, 0.3) is 0 Å². The van der Waals surface area contributed by atoms with Gasteiger partial charge >= 0.3 is 5.97 Å². The lowest BCUT2D eigenvalue weighted by Gasteiger charge is -2.23. The molecule has 2 N–H and O–H groups in total. The molecule has 0 saturated carbocycles. The van der Waals surface area contributed by atoms with E-state index in [1.165, 1.54) is 25.3 Å². The molecule has 0 saturated heterocycles. The number of esters is 1. The predicted molar refractivity (Wildman–Crippen MR) is 93.6 cm³/mol. The lowest BCUT2D eigenvalue weighted by atomic mass is 10.1. The van der Waals surface area contributed by atoms with E-state index in [1.54, 1.807) is 29.2 Å². The fourth-order valence-electron chi connectivity index (χ4n) is 2.50. The van der Waals surface area contributed by atoms with Crippen molar-refractivity contribution in [3.8, 4) is 11.5 Å². The molecule has 0 bridgehead atoms. The first-order valence-corrected chi connectivity index (χ1v) is 7.93. The van der Waals surface area contributed by atoms with Crippen LogP contribution in [0.1, 0.15) is 17.5 Å². The molecular weight excluding hydrogens is 340 g/mol. The minimum Gasteiger partial charge on any atom is -0.508 e. The smallest absolute Gasteiger partial charge is 0.306 e. The quantitative estimate of drug-likeness (QED) is 0.422. The molecule has 0 fully saturated rings. The number of aromatic hydroxyl groups is 2. The maximum atomic E-state index is 11.5. The van der Waals surface area contributed by atoms with E-state index >= 15 is 0 Å². The van der Waals surface area contributed by atoms with Gasteiger partial charge in [-0.3, -0.25) is 19.8 Å². The highest BCUT2D eigenvalue weighted by Gasteiger charge is 2.16. The molecule has 0 aromatic heterocycles. The largest absolute Gasteiger partial charge is 0.508 e. The second kappa shape index (κ2) is 8.82. The third kappa shape index (κ3) is 5.18. The van der Waals surface area contributed by atoms with Gasteiger partial charge in [-0.25, -0.2) is 0 Å². The molecule has 0 aliphatic carbocycles. The number of phenols is 2. The normalized spacial score (nSPS) is 10.7. The Balaban J connectivity index is 2.23. The number of nitro benzene ring substituents is 1. The average molecular weight is 360 g/mol. The number of carbonyl (C=O) groups excluding carboxylic acids is 1. The summed E-state index contributed by atoms with van der Waals surface area (Å²) >= 11 is 0. The lowest BCUT2D eigenvalue weighted by molar-refractivity contribution is -0.385. The Kier molecular flexibility index (Phi) is 6.51. The second-order valence-electron chi connectivity index (χ2n) is 5.74. The van der Waals surface area contributed by atoms with Crippen LogP contribution in [0.3, 0.4) is 0 Å². The van der Waals surface area contributed by atoms with E-state index < -0.39 is 10.9 Å². The first kappa shape index (κ1) is 19.2. The number of hydrogen-bond donors (Lipinski definition) is 2. The summed E-state index contributed by atoms with van der Waals surface area (Å²) in [5.41, 5.74) is 0.870. The number of hydrogen-bond acceptors (Lipinski definition) is 7. The fraction of sp³-hybridized carbons (Fsp3) is 0.278. The third-order valence-electron chi connectivity index (χ3n) is 3.91. The van der Waals surface area contributed by atoms with Gasteiger partial charge in [-0.15, -0.1) is 0 Å². The van der Waals surface area contributed by atoms with E-state index in [9.17, 15) is 25.1 Å². The predicted octanol–water partition coefficient (Wildman–Crippen LogP) is 2.57. The van der Waals surface area contributed by atoms with Gasteiger partial charge in [-0.05, 0) is 12.1 Å². The zero-order valence-electron chi connectivity index (χ0n) is 14.3. The molecule has 26 heavy (non-hydrogen) atoms. The van der Waals surface area contributed by atoms with Gasteiger partial charge in [-0.2, -0.15) is 0 Å². The monoisotopic (exact) mass is 360 g/mol.